The molecule has 0 aromatic heterocycles. The Morgan fingerprint density at radius 1 is 0.250 bits per heavy atom. The highest BCUT2D eigenvalue weighted by atomic mass is 16.6. The lowest BCUT2D eigenvalue weighted by atomic mass is 10.0. The molecule has 0 aromatic carbocycles. The molecule has 0 aliphatic heterocycles. The fourth-order valence-corrected chi connectivity index (χ4v) is 10.7. The summed E-state index contributed by atoms with van der Waals surface area (Å²) in [6.45, 7) is 6.64. The van der Waals surface area contributed by atoms with Gasteiger partial charge in [0.2, 0.25) is 0 Å². The Kier molecular flexibility index (Phi) is 66.6. The van der Waals surface area contributed by atoms with E-state index in [2.05, 4.69) is 69.4 Å². The van der Waals surface area contributed by atoms with Gasteiger partial charge in [0.05, 0.1) is 0 Å². The van der Waals surface area contributed by atoms with Crippen molar-refractivity contribution in [1.82, 2.24) is 0 Å². The number of hydrogen-bond acceptors (Lipinski definition) is 6. The highest BCUT2D eigenvalue weighted by molar-refractivity contribution is 5.71. The molecule has 6 heteroatoms. The first kappa shape index (κ1) is 77.4. The van der Waals surface area contributed by atoms with Crippen molar-refractivity contribution in [1.29, 1.82) is 0 Å². The van der Waals surface area contributed by atoms with Gasteiger partial charge in [0.25, 0.3) is 0 Å². The topological polar surface area (TPSA) is 78.9 Å². The van der Waals surface area contributed by atoms with Crippen LogP contribution < -0.4 is 0 Å². The van der Waals surface area contributed by atoms with Crippen molar-refractivity contribution in [3.05, 3.63) is 48.6 Å². The molecule has 0 N–H and O–H groups in total. The van der Waals surface area contributed by atoms with Crippen LogP contribution in [-0.2, 0) is 28.6 Å². The smallest absolute Gasteiger partial charge is 0.306 e. The van der Waals surface area contributed by atoms with E-state index in [-0.39, 0.29) is 31.1 Å². The number of ether oxygens (including phenoxy) is 3. The molecule has 0 rings (SSSR count). The number of carbonyl (C=O) groups is 3. The van der Waals surface area contributed by atoms with Crippen LogP contribution in [0.4, 0.5) is 0 Å². The van der Waals surface area contributed by atoms with E-state index in [9.17, 15) is 14.4 Å². The third-order valence-corrected chi connectivity index (χ3v) is 16.1. The van der Waals surface area contributed by atoms with E-state index in [4.69, 9.17) is 14.2 Å². The second kappa shape index (κ2) is 68.9. The van der Waals surface area contributed by atoms with Gasteiger partial charge in [-0.2, -0.15) is 0 Å². The van der Waals surface area contributed by atoms with Crippen LogP contribution in [0, 0.1) is 0 Å². The Labute approximate surface area is 498 Å². The summed E-state index contributed by atoms with van der Waals surface area (Å²) in [6.07, 6.45) is 87.2. The zero-order chi connectivity index (χ0) is 57.8. The molecular formula is C74H136O6. The van der Waals surface area contributed by atoms with Gasteiger partial charge in [-0.05, 0) is 77.0 Å². The van der Waals surface area contributed by atoms with Crippen LogP contribution >= 0.6 is 0 Å². The molecule has 0 aromatic rings. The van der Waals surface area contributed by atoms with E-state index in [1.807, 2.05) is 0 Å². The summed E-state index contributed by atoms with van der Waals surface area (Å²) in [5.74, 6) is -0.869. The summed E-state index contributed by atoms with van der Waals surface area (Å²) < 4.78 is 17.0. The third-order valence-electron chi connectivity index (χ3n) is 16.1. The summed E-state index contributed by atoms with van der Waals surface area (Å²) >= 11 is 0. The van der Waals surface area contributed by atoms with Crippen LogP contribution in [0.25, 0.3) is 0 Å². The van der Waals surface area contributed by atoms with Crippen molar-refractivity contribution in [3.8, 4) is 0 Å². The standard InChI is InChI=1S/C74H136O6/c1-4-7-10-13-16-19-22-25-28-30-32-34-35-36-37-38-39-41-42-44-46-49-52-55-58-61-64-67-73(76)79-70-71(69-78-72(75)66-63-60-57-54-51-48-27-24-21-18-15-12-9-6-3)80-74(77)68-65-62-59-56-53-50-47-45-43-40-33-31-29-26-23-20-17-14-11-8-5-2/h15,18,23-24,26-27,31,33,71H,4-14,16-17,19-22,25,28-30,32,34-70H2,1-3H3/b18-15-,26-23-,27-24-,33-31-. The molecule has 1 atom stereocenters. The highest BCUT2D eigenvalue weighted by Gasteiger charge is 2.19. The molecule has 80 heavy (non-hydrogen) atoms. The number of carbonyl (C=O) groups excluding carboxylic acids is 3. The Balaban J connectivity index is 4.24. The van der Waals surface area contributed by atoms with Gasteiger partial charge < -0.3 is 14.2 Å². The normalized spacial score (nSPS) is 12.3. The lowest BCUT2D eigenvalue weighted by molar-refractivity contribution is -0.167. The Hall–Kier alpha value is -2.63. The molecule has 0 aliphatic rings. The Morgan fingerprint density at radius 2 is 0.463 bits per heavy atom. The molecule has 1 unspecified atom stereocenters. The zero-order valence-corrected chi connectivity index (χ0v) is 53.9. The molecule has 0 spiro atoms. The first-order chi connectivity index (χ1) is 39.5. The van der Waals surface area contributed by atoms with Crippen LogP contribution in [-0.4, -0.2) is 37.2 Å². The lowest BCUT2D eigenvalue weighted by Crippen LogP contribution is -2.30. The van der Waals surface area contributed by atoms with E-state index in [1.165, 1.54) is 263 Å². The minimum absolute atomic E-state index is 0.0755. The molecule has 0 aliphatic carbocycles. The fourth-order valence-electron chi connectivity index (χ4n) is 10.7. The van der Waals surface area contributed by atoms with Crippen molar-refractivity contribution >= 4 is 17.9 Å². The average Bonchev–Trinajstić information content (AvgIpc) is 3.46. The largest absolute Gasteiger partial charge is 0.462 e. The quantitative estimate of drug-likeness (QED) is 0.0261. The van der Waals surface area contributed by atoms with Gasteiger partial charge in [0.1, 0.15) is 13.2 Å². The molecule has 6 nitrogen and oxygen atoms in total. The number of allylic oxidation sites excluding steroid dienone is 8. The number of hydrogen-bond donors (Lipinski definition) is 0. The van der Waals surface area contributed by atoms with Gasteiger partial charge >= 0.3 is 17.9 Å². The van der Waals surface area contributed by atoms with Crippen LogP contribution in [0.3, 0.4) is 0 Å². The molecule has 468 valence electrons. The molecule has 0 saturated carbocycles. The minimum Gasteiger partial charge on any atom is -0.462 e. The summed E-state index contributed by atoms with van der Waals surface area (Å²) in [4.78, 5) is 38.4. The molecular weight excluding hydrogens is 985 g/mol. The molecule has 0 fully saturated rings. The van der Waals surface area contributed by atoms with Gasteiger partial charge in [0.15, 0.2) is 6.10 Å². The second-order valence-corrected chi connectivity index (χ2v) is 24.1. The van der Waals surface area contributed by atoms with Crippen molar-refractivity contribution in [2.24, 2.45) is 0 Å². The second-order valence-electron chi connectivity index (χ2n) is 24.1. The van der Waals surface area contributed by atoms with Crippen LogP contribution in [0.5, 0.6) is 0 Å². The van der Waals surface area contributed by atoms with Crippen LogP contribution in [0.2, 0.25) is 0 Å². The van der Waals surface area contributed by atoms with Gasteiger partial charge in [-0.3, -0.25) is 14.4 Å². The van der Waals surface area contributed by atoms with Crippen molar-refractivity contribution in [2.75, 3.05) is 13.2 Å². The number of unbranched alkanes of at least 4 members (excludes halogenated alkanes) is 47. The Bertz CT molecular complexity index is 1380. The van der Waals surface area contributed by atoms with E-state index in [1.54, 1.807) is 0 Å². The predicted octanol–water partition coefficient (Wildman–Crippen LogP) is 24.5. The van der Waals surface area contributed by atoms with Gasteiger partial charge in [0, 0.05) is 19.3 Å². The molecule has 0 amide bonds. The average molecular weight is 1120 g/mol. The molecule has 0 heterocycles. The maximum absolute atomic E-state index is 12.9. The van der Waals surface area contributed by atoms with E-state index >= 15 is 0 Å². The monoisotopic (exact) mass is 1120 g/mol. The van der Waals surface area contributed by atoms with Gasteiger partial charge in [-0.1, -0.05) is 339 Å². The minimum atomic E-state index is -0.781. The molecule has 0 saturated heterocycles. The highest BCUT2D eigenvalue weighted by Crippen LogP contribution is 2.18. The summed E-state index contributed by atoms with van der Waals surface area (Å²) in [5, 5.41) is 0. The van der Waals surface area contributed by atoms with Crippen molar-refractivity contribution in [2.45, 2.75) is 393 Å². The number of esters is 3. The van der Waals surface area contributed by atoms with Crippen molar-refractivity contribution < 1.29 is 28.6 Å². The molecule has 0 bridgehead atoms. The fraction of sp³-hybridized carbons (Fsp3) is 0.851. The van der Waals surface area contributed by atoms with Gasteiger partial charge in [-0.15, -0.1) is 0 Å². The van der Waals surface area contributed by atoms with E-state index < -0.39 is 6.10 Å². The SMILES string of the molecule is CCCC/C=C\C/C=C\CCCCCCCC(=O)OCC(COC(=O)CCCCCCCCCCCCCCCCCCCCCCCCCCCCC)OC(=O)CCCCCCCCCCC/C=C\C/C=C\CCCCCCC. The maximum Gasteiger partial charge on any atom is 0.306 e. The summed E-state index contributed by atoms with van der Waals surface area (Å²) in [5.41, 5.74) is 0. The van der Waals surface area contributed by atoms with Crippen LogP contribution in [0.1, 0.15) is 387 Å². The summed E-state index contributed by atoms with van der Waals surface area (Å²) in [6, 6.07) is 0. The third kappa shape index (κ3) is 66.2. The van der Waals surface area contributed by atoms with E-state index in [0.717, 1.165) is 83.5 Å². The lowest BCUT2D eigenvalue weighted by Gasteiger charge is -2.18. The maximum atomic E-state index is 12.9. The first-order valence-electron chi connectivity index (χ1n) is 35.6. The van der Waals surface area contributed by atoms with Gasteiger partial charge in [-0.25, -0.2) is 0 Å². The summed E-state index contributed by atoms with van der Waals surface area (Å²) in [7, 11) is 0. The van der Waals surface area contributed by atoms with E-state index in [0.29, 0.717) is 19.3 Å². The number of rotatable bonds is 66. The zero-order valence-electron chi connectivity index (χ0n) is 53.9. The molecule has 0 radical (unpaired) electrons. The van der Waals surface area contributed by atoms with Crippen LogP contribution in [0.15, 0.2) is 48.6 Å². The first-order valence-corrected chi connectivity index (χ1v) is 35.6. The Morgan fingerprint density at radius 3 is 0.725 bits per heavy atom. The predicted molar refractivity (Wildman–Crippen MR) is 349 cm³/mol. The van der Waals surface area contributed by atoms with Crippen molar-refractivity contribution in [3.63, 3.8) is 0 Å².